The SMILES string of the molecule is COc1cccc(NC(=O)/C(C#N)=C/c2cccc(OS(=O)(=O)c3ccc4ccccc4c3)c2)c1. The first kappa shape index (κ1) is 23.5. The van der Waals surface area contributed by atoms with Crippen molar-refractivity contribution in [2.75, 3.05) is 12.4 Å². The summed E-state index contributed by atoms with van der Waals surface area (Å²) in [6.45, 7) is 0. The third kappa shape index (κ3) is 5.66. The van der Waals surface area contributed by atoms with Gasteiger partial charge in [-0.2, -0.15) is 13.7 Å². The second kappa shape index (κ2) is 10.1. The highest BCUT2D eigenvalue weighted by atomic mass is 32.2. The molecule has 0 spiro atoms. The molecule has 4 rings (SSSR count). The van der Waals surface area contributed by atoms with Crippen molar-refractivity contribution in [3.05, 3.63) is 102 Å². The van der Waals surface area contributed by atoms with Crippen molar-refractivity contribution in [2.45, 2.75) is 4.90 Å². The molecule has 0 saturated heterocycles. The Kier molecular flexibility index (Phi) is 6.81. The van der Waals surface area contributed by atoms with Gasteiger partial charge in [0.05, 0.1) is 7.11 Å². The van der Waals surface area contributed by atoms with Crippen LogP contribution in [0.4, 0.5) is 5.69 Å². The normalized spacial score (nSPS) is 11.5. The van der Waals surface area contributed by atoms with Crippen molar-refractivity contribution in [1.29, 1.82) is 5.26 Å². The molecule has 7 nitrogen and oxygen atoms in total. The second-order valence-electron chi connectivity index (χ2n) is 7.47. The molecule has 1 N–H and O–H groups in total. The molecule has 0 fully saturated rings. The molecule has 0 aliphatic rings. The molecule has 4 aromatic carbocycles. The molecule has 0 unspecified atom stereocenters. The summed E-state index contributed by atoms with van der Waals surface area (Å²) in [6, 6.07) is 26.9. The molecular weight excluding hydrogens is 464 g/mol. The van der Waals surface area contributed by atoms with Gasteiger partial charge >= 0.3 is 10.1 Å². The number of carbonyl (C=O) groups is 1. The Morgan fingerprint density at radius 3 is 2.40 bits per heavy atom. The number of nitriles is 1. The van der Waals surface area contributed by atoms with Gasteiger partial charge in [0.1, 0.15) is 28.0 Å². The number of ether oxygens (including phenoxy) is 1. The Labute approximate surface area is 203 Å². The average molecular weight is 485 g/mol. The fourth-order valence-corrected chi connectivity index (χ4v) is 4.33. The van der Waals surface area contributed by atoms with Gasteiger partial charge in [-0.25, -0.2) is 0 Å². The lowest BCUT2D eigenvalue weighted by molar-refractivity contribution is -0.112. The van der Waals surface area contributed by atoms with Crippen LogP contribution in [0.5, 0.6) is 11.5 Å². The third-order valence-corrected chi connectivity index (χ3v) is 6.32. The highest BCUT2D eigenvalue weighted by molar-refractivity contribution is 7.87. The van der Waals surface area contributed by atoms with Gasteiger partial charge in [0.25, 0.3) is 5.91 Å². The van der Waals surface area contributed by atoms with E-state index in [1.165, 1.54) is 31.4 Å². The summed E-state index contributed by atoms with van der Waals surface area (Å²) in [7, 11) is -2.59. The van der Waals surface area contributed by atoms with Gasteiger partial charge in [-0.15, -0.1) is 0 Å². The molecule has 0 atom stereocenters. The topological polar surface area (TPSA) is 105 Å². The standard InChI is InChI=1S/C27H20N2O5S/c1-33-24-10-5-9-23(17-24)29-27(30)22(18-28)14-19-6-4-11-25(15-19)34-35(31,32)26-13-12-20-7-2-3-8-21(20)16-26/h2-17H,1H3,(H,29,30)/b22-14+. The van der Waals surface area contributed by atoms with Gasteiger partial charge < -0.3 is 14.2 Å². The number of nitrogens with zero attached hydrogens (tertiary/aromatic N) is 1. The smallest absolute Gasteiger partial charge is 0.339 e. The molecule has 0 heterocycles. The predicted octanol–water partition coefficient (Wildman–Crippen LogP) is 5.16. The molecule has 0 aliphatic carbocycles. The lowest BCUT2D eigenvalue weighted by atomic mass is 10.1. The van der Waals surface area contributed by atoms with Crippen LogP contribution >= 0.6 is 0 Å². The Hall–Kier alpha value is -4.61. The number of hydrogen-bond donors (Lipinski definition) is 1. The lowest BCUT2D eigenvalue weighted by Gasteiger charge is -2.09. The van der Waals surface area contributed by atoms with E-state index < -0.39 is 16.0 Å². The van der Waals surface area contributed by atoms with Crippen LogP contribution in [0.1, 0.15) is 5.56 Å². The first-order chi connectivity index (χ1) is 16.9. The van der Waals surface area contributed by atoms with Gasteiger partial charge in [0.15, 0.2) is 0 Å². The number of amides is 1. The van der Waals surface area contributed by atoms with Crippen LogP contribution in [0, 0.1) is 11.3 Å². The van der Waals surface area contributed by atoms with Crippen LogP contribution in [0.25, 0.3) is 16.8 Å². The van der Waals surface area contributed by atoms with Crippen LogP contribution < -0.4 is 14.2 Å². The highest BCUT2D eigenvalue weighted by Gasteiger charge is 2.17. The molecule has 0 radical (unpaired) electrons. The number of methoxy groups -OCH3 is 1. The van der Waals surface area contributed by atoms with Gasteiger partial charge in [-0.05, 0) is 58.8 Å². The maximum Gasteiger partial charge on any atom is 0.339 e. The van der Waals surface area contributed by atoms with E-state index in [0.717, 1.165) is 10.8 Å². The highest BCUT2D eigenvalue weighted by Crippen LogP contribution is 2.24. The van der Waals surface area contributed by atoms with Gasteiger partial charge in [0, 0.05) is 11.8 Å². The number of nitrogens with one attached hydrogen (secondary N) is 1. The molecule has 0 bridgehead atoms. The molecule has 0 aliphatic heterocycles. The maximum absolute atomic E-state index is 12.8. The van der Waals surface area contributed by atoms with E-state index in [-0.39, 0.29) is 16.2 Å². The third-order valence-electron chi connectivity index (χ3n) is 5.08. The van der Waals surface area contributed by atoms with Crippen molar-refractivity contribution < 1.29 is 22.1 Å². The average Bonchev–Trinajstić information content (AvgIpc) is 2.87. The van der Waals surface area contributed by atoms with Crippen LogP contribution in [-0.2, 0) is 14.9 Å². The number of hydrogen-bond acceptors (Lipinski definition) is 6. The van der Waals surface area contributed by atoms with Gasteiger partial charge in [-0.3, -0.25) is 4.79 Å². The summed E-state index contributed by atoms with van der Waals surface area (Å²) in [6.07, 6.45) is 1.35. The summed E-state index contributed by atoms with van der Waals surface area (Å²) in [4.78, 5) is 12.6. The maximum atomic E-state index is 12.8. The van der Waals surface area contributed by atoms with E-state index in [2.05, 4.69) is 5.32 Å². The van der Waals surface area contributed by atoms with E-state index in [9.17, 15) is 18.5 Å². The zero-order chi connectivity index (χ0) is 24.8. The van der Waals surface area contributed by atoms with E-state index >= 15 is 0 Å². The molecule has 1 amide bonds. The summed E-state index contributed by atoms with van der Waals surface area (Å²) in [5.41, 5.74) is 0.727. The largest absolute Gasteiger partial charge is 0.497 e. The molecule has 8 heteroatoms. The van der Waals surface area contributed by atoms with E-state index in [0.29, 0.717) is 17.0 Å². The Bertz CT molecular complexity index is 1590. The van der Waals surface area contributed by atoms with Crippen LogP contribution in [0.3, 0.4) is 0 Å². The van der Waals surface area contributed by atoms with E-state index in [1.54, 1.807) is 48.5 Å². The van der Waals surface area contributed by atoms with Crippen molar-refractivity contribution >= 4 is 38.6 Å². The van der Waals surface area contributed by atoms with Crippen LogP contribution in [0.15, 0.2) is 101 Å². The molecule has 4 aromatic rings. The number of rotatable bonds is 7. The molecular formula is C27H20N2O5S. The van der Waals surface area contributed by atoms with Crippen molar-refractivity contribution in [2.24, 2.45) is 0 Å². The molecule has 35 heavy (non-hydrogen) atoms. The van der Waals surface area contributed by atoms with E-state index in [1.807, 2.05) is 30.3 Å². The zero-order valence-electron chi connectivity index (χ0n) is 18.6. The Morgan fingerprint density at radius 1 is 0.886 bits per heavy atom. The van der Waals surface area contributed by atoms with Crippen LogP contribution in [-0.4, -0.2) is 21.4 Å². The van der Waals surface area contributed by atoms with Crippen molar-refractivity contribution in [3.63, 3.8) is 0 Å². The minimum Gasteiger partial charge on any atom is -0.497 e. The number of benzene rings is 4. The predicted molar refractivity (Wildman–Crippen MR) is 133 cm³/mol. The Balaban J connectivity index is 1.55. The summed E-state index contributed by atoms with van der Waals surface area (Å²) in [5, 5.41) is 13.8. The van der Waals surface area contributed by atoms with Crippen molar-refractivity contribution in [1.82, 2.24) is 0 Å². The minimum atomic E-state index is -4.10. The van der Waals surface area contributed by atoms with Crippen LogP contribution in [0.2, 0.25) is 0 Å². The summed E-state index contributed by atoms with van der Waals surface area (Å²) >= 11 is 0. The summed E-state index contributed by atoms with van der Waals surface area (Å²) < 4.78 is 36.1. The monoisotopic (exact) mass is 484 g/mol. The first-order valence-corrected chi connectivity index (χ1v) is 11.9. The molecule has 0 saturated carbocycles. The minimum absolute atomic E-state index is 0.0209. The molecule has 0 aromatic heterocycles. The fourth-order valence-electron chi connectivity index (χ4n) is 3.37. The second-order valence-corrected chi connectivity index (χ2v) is 9.02. The zero-order valence-corrected chi connectivity index (χ0v) is 19.5. The fraction of sp³-hybridized carbons (Fsp3) is 0.0370. The first-order valence-electron chi connectivity index (χ1n) is 10.5. The quantitative estimate of drug-likeness (QED) is 0.221. The van der Waals surface area contributed by atoms with Gasteiger partial charge in [-0.1, -0.05) is 48.5 Å². The van der Waals surface area contributed by atoms with E-state index in [4.69, 9.17) is 8.92 Å². The lowest BCUT2D eigenvalue weighted by Crippen LogP contribution is -2.13. The Morgan fingerprint density at radius 2 is 1.63 bits per heavy atom. The number of carbonyl (C=O) groups excluding carboxylic acids is 1. The van der Waals surface area contributed by atoms with Crippen molar-refractivity contribution in [3.8, 4) is 17.6 Å². The van der Waals surface area contributed by atoms with Gasteiger partial charge in [0.2, 0.25) is 0 Å². The number of anilines is 1. The molecule has 174 valence electrons. The number of fused-ring (bicyclic) bond motifs is 1. The summed E-state index contributed by atoms with van der Waals surface area (Å²) in [5.74, 6) is -0.00368.